The van der Waals surface area contributed by atoms with Gasteiger partial charge in [-0.3, -0.25) is 0 Å². The van der Waals surface area contributed by atoms with E-state index in [0.717, 1.165) is 30.4 Å². The zero-order valence-corrected chi connectivity index (χ0v) is 20.1. The van der Waals surface area contributed by atoms with E-state index in [1.807, 2.05) is 38.1 Å². The number of esters is 2. The maximum absolute atomic E-state index is 13.8. The first kappa shape index (κ1) is 25.0. The first-order valence-electron chi connectivity index (χ1n) is 11.1. The Kier molecular flexibility index (Phi) is 6.59. The minimum atomic E-state index is -4.62. The average Bonchev–Trinajstić information content (AvgIpc) is 2.86. The molecule has 0 saturated carbocycles. The molecule has 0 radical (unpaired) electrons. The maximum atomic E-state index is 13.8. The smallest absolute Gasteiger partial charge is 0.416 e. The molecule has 36 heavy (non-hydrogen) atoms. The van der Waals surface area contributed by atoms with E-state index >= 15 is 0 Å². The molecule has 0 aliphatic heterocycles. The highest BCUT2D eigenvalue weighted by Crippen LogP contribution is 2.45. The van der Waals surface area contributed by atoms with Crippen LogP contribution in [0.25, 0.3) is 33.0 Å². The van der Waals surface area contributed by atoms with Crippen LogP contribution in [0, 0.1) is 13.8 Å². The summed E-state index contributed by atoms with van der Waals surface area (Å²) in [7, 11) is 2.34. The molecule has 0 amide bonds. The number of halogens is 3. The summed E-state index contributed by atoms with van der Waals surface area (Å²) < 4.78 is 51.4. The van der Waals surface area contributed by atoms with Crippen molar-refractivity contribution in [3.8, 4) is 22.3 Å². The van der Waals surface area contributed by atoms with Crippen molar-refractivity contribution < 1.29 is 32.2 Å². The number of aryl methyl sites for hydroxylation is 2. The van der Waals surface area contributed by atoms with Crippen LogP contribution in [0.5, 0.6) is 0 Å². The number of ether oxygens (including phenoxy) is 2. The zero-order valence-electron chi connectivity index (χ0n) is 20.1. The van der Waals surface area contributed by atoms with Crippen LogP contribution < -0.4 is 0 Å². The highest BCUT2D eigenvalue weighted by Gasteiger charge is 2.34. The van der Waals surface area contributed by atoms with E-state index in [1.165, 1.54) is 13.2 Å². The zero-order chi connectivity index (χ0) is 26.2. The Morgan fingerprint density at radius 2 is 1.11 bits per heavy atom. The van der Waals surface area contributed by atoms with Gasteiger partial charge in [0.25, 0.3) is 0 Å². The molecular formula is C29H23F3O4. The summed E-state index contributed by atoms with van der Waals surface area (Å²) in [5, 5.41) is 0.319. The van der Waals surface area contributed by atoms with Crippen molar-refractivity contribution in [3.05, 3.63) is 94.5 Å². The topological polar surface area (TPSA) is 52.6 Å². The first-order valence-corrected chi connectivity index (χ1v) is 11.1. The van der Waals surface area contributed by atoms with E-state index in [4.69, 9.17) is 9.47 Å². The van der Waals surface area contributed by atoms with Crippen molar-refractivity contribution in [2.24, 2.45) is 0 Å². The van der Waals surface area contributed by atoms with E-state index in [9.17, 15) is 22.8 Å². The first-order chi connectivity index (χ1) is 17.1. The molecule has 0 aliphatic carbocycles. The Morgan fingerprint density at radius 1 is 0.639 bits per heavy atom. The van der Waals surface area contributed by atoms with Gasteiger partial charge in [0, 0.05) is 5.56 Å². The molecule has 0 fully saturated rings. The summed E-state index contributed by atoms with van der Waals surface area (Å²) in [6.07, 6.45) is -4.62. The standard InChI is InChI=1S/C29H23F3O4/c1-16-5-9-18(10-6-16)23-22-15-20(29(30,31)32)13-14-21(22)25(27(33)35-3)26(28(34)36-4)24(23)19-11-7-17(2)8-12-19/h5-15H,1-4H3. The molecule has 0 heterocycles. The van der Waals surface area contributed by atoms with E-state index in [2.05, 4.69) is 0 Å². The van der Waals surface area contributed by atoms with Crippen molar-refractivity contribution in [1.29, 1.82) is 0 Å². The minimum Gasteiger partial charge on any atom is -0.465 e. The Morgan fingerprint density at radius 3 is 1.58 bits per heavy atom. The fourth-order valence-corrected chi connectivity index (χ4v) is 4.31. The number of carbonyl (C=O) groups excluding carboxylic acids is 2. The van der Waals surface area contributed by atoms with Gasteiger partial charge < -0.3 is 9.47 Å². The van der Waals surface area contributed by atoms with Crippen LogP contribution in [0.3, 0.4) is 0 Å². The molecule has 7 heteroatoms. The molecular weight excluding hydrogens is 469 g/mol. The van der Waals surface area contributed by atoms with E-state index < -0.39 is 23.7 Å². The predicted octanol–water partition coefficient (Wildman–Crippen LogP) is 7.38. The Bertz CT molecular complexity index is 1470. The highest BCUT2D eigenvalue weighted by molar-refractivity contribution is 6.22. The predicted molar refractivity (Wildman–Crippen MR) is 132 cm³/mol. The second-order valence-electron chi connectivity index (χ2n) is 8.47. The lowest BCUT2D eigenvalue weighted by atomic mass is 9.82. The quantitative estimate of drug-likeness (QED) is 0.279. The van der Waals surface area contributed by atoms with Gasteiger partial charge in [-0.1, -0.05) is 65.7 Å². The van der Waals surface area contributed by atoms with Crippen molar-refractivity contribution >= 4 is 22.7 Å². The lowest BCUT2D eigenvalue weighted by Gasteiger charge is -2.22. The van der Waals surface area contributed by atoms with E-state index in [1.54, 1.807) is 24.3 Å². The fourth-order valence-electron chi connectivity index (χ4n) is 4.31. The van der Waals surface area contributed by atoms with Gasteiger partial charge in [0.2, 0.25) is 0 Å². The van der Waals surface area contributed by atoms with E-state index in [0.29, 0.717) is 16.7 Å². The third kappa shape index (κ3) is 4.44. The van der Waals surface area contributed by atoms with Gasteiger partial charge in [0.05, 0.1) is 30.9 Å². The molecule has 0 aromatic heterocycles. The summed E-state index contributed by atoms with van der Waals surface area (Å²) in [6, 6.07) is 17.5. The molecule has 0 spiro atoms. The summed E-state index contributed by atoms with van der Waals surface area (Å²) in [4.78, 5) is 26.2. The van der Waals surface area contributed by atoms with Crippen molar-refractivity contribution in [2.45, 2.75) is 20.0 Å². The van der Waals surface area contributed by atoms with Crippen molar-refractivity contribution in [1.82, 2.24) is 0 Å². The number of carbonyl (C=O) groups is 2. The molecule has 0 bridgehead atoms. The normalized spacial score (nSPS) is 11.4. The molecule has 0 aliphatic rings. The summed E-state index contributed by atoms with van der Waals surface area (Å²) in [5.74, 6) is -1.66. The molecule has 184 valence electrons. The molecule has 4 aromatic rings. The summed E-state index contributed by atoms with van der Waals surface area (Å²) >= 11 is 0. The number of methoxy groups -OCH3 is 2. The van der Waals surface area contributed by atoms with Crippen molar-refractivity contribution in [2.75, 3.05) is 14.2 Å². The third-order valence-electron chi connectivity index (χ3n) is 6.10. The van der Waals surface area contributed by atoms with E-state index in [-0.39, 0.29) is 27.5 Å². The minimum absolute atomic E-state index is 0.0731. The highest BCUT2D eigenvalue weighted by atomic mass is 19.4. The Labute approximate surface area is 206 Å². The van der Waals surface area contributed by atoms with Crippen LogP contribution in [-0.2, 0) is 15.7 Å². The molecule has 0 atom stereocenters. The molecule has 4 nitrogen and oxygen atoms in total. The second-order valence-corrected chi connectivity index (χ2v) is 8.47. The van der Waals surface area contributed by atoms with Gasteiger partial charge in [-0.2, -0.15) is 13.2 Å². The molecule has 0 N–H and O–H groups in total. The monoisotopic (exact) mass is 492 g/mol. The van der Waals surface area contributed by atoms with Gasteiger partial charge >= 0.3 is 18.1 Å². The van der Waals surface area contributed by atoms with Gasteiger partial charge in [0.15, 0.2) is 0 Å². The van der Waals surface area contributed by atoms with Crippen molar-refractivity contribution in [3.63, 3.8) is 0 Å². The third-order valence-corrected chi connectivity index (χ3v) is 6.10. The number of fused-ring (bicyclic) bond motifs is 1. The van der Waals surface area contributed by atoms with Gasteiger partial charge in [-0.15, -0.1) is 0 Å². The number of alkyl halides is 3. The molecule has 0 saturated heterocycles. The van der Waals surface area contributed by atoms with Crippen LogP contribution in [0.4, 0.5) is 13.2 Å². The largest absolute Gasteiger partial charge is 0.465 e. The van der Waals surface area contributed by atoms with Crippen LogP contribution in [0.1, 0.15) is 37.4 Å². The summed E-state index contributed by atoms with van der Waals surface area (Å²) in [5.41, 5.74) is 2.60. The van der Waals surface area contributed by atoms with Crippen LogP contribution in [0.2, 0.25) is 0 Å². The maximum Gasteiger partial charge on any atom is 0.416 e. The lowest BCUT2D eigenvalue weighted by molar-refractivity contribution is -0.137. The Balaban J connectivity index is 2.33. The number of hydrogen-bond acceptors (Lipinski definition) is 4. The molecule has 0 unspecified atom stereocenters. The fraction of sp³-hybridized carbons (Fsp3) is 0.172. The number of benzene rings is 4. The lowest BCUT2D eigenvalue weighted by Crippen LogP contribution is -2.16. The number of hydrogen-bond donors (Lipinski definition) is 0. The van der Waals surface area contributed by atoms with Crippen LogP contribution in [-0.4, -0.2) is 26.2 Å². The molecule has 4 rings (SSSR count). The summed E-state index contributed by atoms with van der Waals surface area (Å²) in [6.45, 7) is 3.78. The average molecular weight is 492 g/mol. The number of rotatable bonds is 4. The van der Waals surface area contributed by atoms with Crippen LogP contribution in [0.15, 0.2) is 66.7 Å². The second kappa shape index (κ2) is 9.49. The van der Waals surface area contributed by atoms with Crippen LogP contribution >= 0.6 is 0 Å². The van der Waals surface area contributed by atoms with Gasteiger partial charge in [0.1, 0.15) is 0 Å². The SMILES string of the molecule is COC(=O)c1c(-c2ccc(C)cc2)c(-c2ccc(C)cc2)c2cc(C(F)(F)F)ccc2c1C(=O)OC. The molecule has 4 aromatic carbocycles. The van der Waals surface area contributed by atoms with Gasteiger partial charge in [-0.25, -0.2) is 9.59 Å². The Hall–Kier alpha value is -4.13. The van der Waals surface area contributed by atoms with Gasteiger partial charge in [-0.05, 0) is 53.4 Å².